The van der Waals surface area contributed by atoms with Crippen molar-refractivity contribution in [1.29, 1.82) is 0 Å². The Hall–Kier alpha value is -5.00. The minimum atomic E-state index is -4.82. The molecule has 13 nitrogen and oxygen atoms in total. The lowest BCUT2D eigenvalue weighted by Gasteiger charge is -2.36. The number of nitrogens with zero attached hydrogens (tertiary/aromatic N) is 7. The highest BCUT2D eigenvalue weighted by Crippen LogP contribution is 2.40. The number of pyridine rings is 2. The number of halogens is 4. The average Bonchev–Trinajstić information content (AvgIpc) is 3.84. The molecule has 0 radical (unpaired) electrons. The molecule has 0 aromatic carbocycles. The van der Waals surface area contributed by atoms with Crippen molar-refractivity contribution in [3.63, 3.8) is 0 Å². The van der Waals surface area contributed by atoms with Crippen molar-refractivity contribution in [2.24, 2.45) is 0 Å². The van der Waals surface area contributed by atoms with Crippen LogP contribution in [0.3, 0.4) is 0 Å². The molecule has 0 aliphatic heterocycles. The van der Waals surface area contributed by atoms with E-state index in [1.165, 1.54) is 12.0 Å². The second-order valence-corrected chi connectivity index (χ2v) is 14.2. The van der Waals surface area contributed by atoms with E-state index in [0.717, 1.165) is 24.7 Å². The number of sulfone groups is 1. The number of amides is 1. The third-order valence-corrected chi connectivity index (χ3v) is 9.57. The summed E-state index contributed by atoms with van der Waals surface area (Å²) in [5.41, 5.74) is -1.96. The maximum absolute atomic E-state index is 14.4. The van der Waals surface area contributed by atoms with Gasteiger partial charge in [-0.2, -0.15) is 13.2 Å². The first-order valence-corrected chi connectivity index (χ1v) is 17.5. The third-order valence-electron chi connectivity index (χ3n) is 8.49. The SMILES string of the molecule is COc1ncc(-c2ccc(N(C(=O)OCC3(F)CC3)[C@H]3CC[C@H](Nc4ncc(C(F)(F)F)c(-c5cncc(S(C)(=O)=O)c5)n4)CC3)nc2)cn1. The van der Waals surface area contributed by atoms with Crippen LogP contribution in [0.2, 0.25) is 0 Å². The number of methoxy groups -OCH3 is 1. The standard InChI is InChI=1S/C32H32F4N8O5S/c1-48-29-40-14-21(15-41-29)19-3-8-26(38-13-19)44(30(45)49-18-31(33)9-10-31)23-6-4-22(5-7-23)42-28-39-17-25(32(34,35)36)27(43-28)20-11-24(16-37-12-20)50(2,46)47/h3,8,11-17,22-23H,4-7,9-10,18H2,1-2H3,(H,39,42,43)/t22-,23-. The molecule has 4 heterocycles. The van der Waals surface area contributed by atoms with Crippen molar-refractivity contribution in [2.45, 2.75) is 67.3 Å². The fraction of sp³-hybridized carbons (Fsp3) is 0.406. The average molecular weight is 717 g/mol. The Morgan fingerprint density at radius 2 is 1.66 bits per heavy atom. The van der Waals surface area contributed by atoms with Gasteiger partial charge in [0, 0.05) is 72.2 Å². The number of anilines is 2. The van der Waals surface area contributed by atoms with Gasteiger partial charge in [-0.05, 0) is 56.7 Å². The highest BCUT2D eigenvalue weighted by molar-refractivity contribution is 7.90. The quantitative estimate of drug-likeness (QED) is 0.200. The Morgan fingerprint density at radius 1 is 0.960 bits per heavy atom. The smallest absolute Gasteiger partial charge is 0.419 e. The molecule has 2 fully saturated rings. The molecule has 4 aromatic rings. The molecule has 1 amide bonds. The van der Waals surface area contributed by atoms with E-state index in [1.807, 2.05) is 0 Å². The van der Waals surface area contributed by atoms with Gasteiger partial charge < -0.3 is 14.8 Å². The summed E-state index contributed by atoms with van der Waals surface area (Å²) in [5.74, 6) is 0.212. The summed E-state index contributed by atoms with van der Waals surface area (Å²) in [7, 11) is -2.29. The summed E-state index contributed by atoms with van der Waals surface area (Å²) < 4.78 is 90.6. The number of rotatable bonds is 10. The summed E-state index contributed by atoms with van der Waals surface area (Å²) in [6, 6.07) is 4.03. The fourth-order valence-electron chi connectivity index (χ4n) is 5.53. The molecule has 1 N–H and O–H groups in total. The molecule has 264 valence electrons. The zero-order valence-corrected chi connectivity index (χ0v) is 27.7. The van der Waals surface area contributed by atoms with E-state index in [-0.39, 0.29) is 41.1 Å². The summed E-state index contributed by atoms with van der Waals surface area (Å²) in [4.78, 5) is 39.1. The Morgan fingerprint density at radius 3 is 2.26 bits per heavy atom. The van der Waals surface area contributed by atoms with Crippen LogP contribution in [-0.2, 0) is 20.8 Å². The van der Waals surface area contributed by atoms with Crippen molar-refractivity contribution < 1.29 is 40.2 Å². The number of carbonyl (C=O) groups is 1. The topological polar surface area (TPSA) is 162 Å². The van der Waals surface area contributed by atoms with E-state index < -0.39 is 39.0 Å². The highest BCUT2D eigenvalue weighted by atomic mass is 32.2. The summed E-state index contributed by atoms with van der Waals surface area (Å²) in [6.45, 7) is -0.364. The molecule has 6 rings (SSSR count). The zero-order chi connectivity index (χ0) is 35.7. The summed E-state index contributed by atoms with van der Waals surface area (Å²) >= 11 is 0. The predicted molar refractivity (Wildman–Crippen MR) is 172 cm³/mol. The lowest BCUT2D eigenvalue weighted by atomic mass is 9.90. The van der Waals surface area contributed by atoms with Crippen molar-refractivity contribution in [3.8, 4) is 28.4 Å². The van der Waals surface area contributed by atoms with Crippen LogP contribution in [0.1, 0.15) is 44.1 Å². The number of aromatic nitrogens is 6. The van der Waals surface area contributed by atoms with Crippen molar-refractivity contribution >= 4 is 27.7 Å². The minimum Gasteiger partial charge on any atom is -0.467 e. The molecule has 0 unspecified atom stereocenters. The highest BCUT2D eigenvalue weighted by Gasteiger charge is 2.45. The third kappa shape index (κ3) is 8.06. The molecular weight excluding hydrogens is 684 g/mol. The number of hydrogen-bond acceptors (Lipinski definition) is 12. The van der Waals surface area contributed by atoms with Gasteiger partial charge in [0.15, 0.2) is 9.84 Å². The van der Waals surface area contributed by atoms with Crippen LogP contribution in [0.5, 0.6) is 6.01 Å². The normalized spacial score (nSPS) is 18.6. The van der Waals surface area contributed by atoms with Crippen molar-refractivity contribution in [1.82, 2.24) is 29.9 Å². The van der Waals surface area contributed by atoms with Gasteiger partial charge in [0.25, 0.3) is 0 Å². The Bertz CT molecular complexity index is 1950. The summed E-state index contributed by atoms with van der Waals surface area (Å²) in [6.07, 6.45) is 5.34. The van der Waals surface area contributed by atoms with E-state index in [2.05, 4.69) is 35.2 Å². The Labute approximate surface area is 284 Å². The monoisotopic (exact) mass is 716 g/mol. The first kappa shape index (κ1) is 34.8. The van der Waals surface area contributed by atoms with Gasteiger partial charge in [-0.25, -0.2) is 42.5 Å². The lowest BCUT2D eigenvalue weighted by Crippen LogP contribution is -2.45. The number of ether oxygens (including phenoxy) is 2. The largest absolute Gasteiger partial charge is 0.467 e. The zero-order valence-electron chi connectivity index (χ0n) is 26.9. The van der Waals surface area contributed by atoms with Crippen LogP contribution < -0.4 is 15.0 Å². The molecule has 0 bridgehead atoms. The molecule has 2 aliphatic carbocycles. The molecular formula is C32H32F4N8O5S. The van der Waals surface area contributed by atoms with Crippen LogP contribution in [0.15, 0.2) is 60.3 Å². The number of hydrogen-bond donors (Lipinski definition) is 1. The van der Waals surface area contributed by atoms with Crippen LogP contribution >= 0.6 is 0 Å². The number of alkyl halides is 4. The maximum Gasteiger partial charge on any atom is 0.419 e. The summed E-state index contributed by atoms with van der Waals surface area (Å²) in [5, 5.41) is 3.08. The first-order chi connectivity index (χ1) is 23.7. The Kier molecular flexibility index (Phi) is 9.56. The van der Waals surface area contributed by atoms with Gasteiger partial charge in [-0.3, -0.25) is 9.88 Å². The van der Waals surface area contributed by atoms with Gasteiger partial charge >= 0.3 is 18.3 Å². The van der Waals surface area contributed by atoms with Crippen LogP contribution in [0.4, 0.5) is 34.1 Å². The van der Waals surface area contributed by atoms with Crippen LogP contribution in [0, 0.1) is 0 Å². The second-order valence-electron chi connectivity index (χ2n) is 12.2. The minimum absolute atomic E-state index is 0.0880. The van der Waals surface area contributed by atoms with E-state index in [9.17, 15) is 30.8 Å². The molecule has 18 heteroatoms. The molecule has 2 saturated carbocycles. The van der Waals surface area contributed by atoms with Crippen molar-refractivity contribution in [2.75, 3.05) is 30.2 Å². The number of nitrogens with one attached hydrogen (secondary N) is 1. The van der Waals surface area contributed by atoms with E-state index >= 15 is 0 Å². The lowest BCUT2D eigenvalue weighted by molar-refractivity contribution is -0.137. The second kappa shape index (κ2) is 13.7. The van der Waals surface area contributed by atoms with Gasteiger partial charge in [0.2, 0.25) is 5.95 Å². The van der Waals surface area contributed by atoms with Gasteiger partial charge in [-0.15, -0.1) is 0 Å². The molecule has 50 heavy (non-hydrogen) atoms. The van der Waals surface area contributed by atoms with Crippen LogP contribution in [0.25, 0.3) is 22.4 Å². The molecule has 2 aliphatic rings. The van der Waals surface area contributed by atoms with Gasteiger partial charge in [0.1, 0.15) is 23.7 Å². The molecule has 0 atom stereocenters. The molecule has 0 spiro atoms. The van der Waals surface area contributed by atoms with Crippen molar-refractivity contribution in [3.05, 3.63) is 60.9 Å². The Balaban J connectivity index is 1.19. The van der Waals surface area contributed by atoms with Gasteiger partial charge in [0.05, 0.1) is 17.7 Å². The predicted octanol–water partition coefficient (Wildman–Crippen LogP) is 5.69. The molecule has 4 aromatic heterocycles. The molecule has 0 saturated heterocycles. The van der Waals surface area contributed by atoms with E-state index in [0.29, 0.717) is 61.7 Å². The number of carbonyl (C=O) groups excluding carboxylic acids is 1. The fourth-order valence-corrected chi connectivity index (χ4v) is 6.12. The van der Waals surface area contributed by atoms with Gasteiger partial charge in [-0.1, -0.05) is 0 Å². The van der Waals surface area contributed by atoms with E-state index in [4.69, 9.17) is 9.47 Å². The first-order valence-electron chi connectivity index (χ1n) is 15.6. The van der Waals surface area contributed by atoms with E-state index in [1.54, 1.807) is 30.7 Å². The maximum atomic E-state index is 14.4. The van der Waals surface area contributed by atoms with Crippen LogP contribution in [-0.4, -0.2) is 82.1 Å².